The van der Waals surface area contributed by atoms with Gasteiger partial charge < -0.3 is 55.6 Å². The molecule has 6 rings (SSSR count). The van der Waals surface area contributed by atoms with Gasteiger partial charge in [0.2, 0.25) is 0 Å². The summed E-state index contributed by atoms with van der Waals surface area (Å²) in [4.78, 5) is 37.2. The Kier molecular flexibility index (Phi) is 11.3. The second-order valence-corrected chi connectivity index (χ2v) is 12.8. The van der Waals surface area contributed by atoms with Crippen LogP contribution >= 0.6 is 0 Å². The van der Waals surface area contributed by atoms with Gasteiger partial charge in [-0.05, 0) is 68.3 Å². The highest BCUT2D eigenvalue weighted by Crippen LogP contribution is 2.57. The summed E-state index contributed by atoms with van der Waals surface area (Å²) in [5, 5.41) is 47.0. The lowest BCUT2D eigenvalue weighted by atomic mass is 9.77. The molecule has 2 aliphatic heterocycles. The molecule has 1 spiro atoms. The highest BCUT2D eigenvalue weighted by Gasteiger charge is 2.53. The lowest BCUT2D eigenvalue weighted by molar-refractivity contribution is -0.497. The number of phenols is 2. The van der Waals surface area contributed by atoms with E-state index < -0.39 is 17.5 Å². The molecule has 0 aliphatic carbocycles. The predicted molar refractivity (Wildman–Crippen MR) is 191 cm³/mol. The number of unbranched alkanes of at least 4 members (excludes halogenated alkanes) is 3. The maximum Gasteiger partial charge on any atom is 0.340 e. The molecule has 0 unspecified atom stereocenters. The molecule has 0 radical (unpaired) electrons. The molecule has 2 heterocycles. The summed E-state index contributed by atoms with van der Waals surface area (Å²) in [5.41, 5.74) is 2.67. The summed E-state index contributed by atoms with van der Waals surface area (Å²) < 4.78 is 23.1. The van der Waals surface area contributed by atoms with Crippen molar-refractivity contribution in [1.82, 2.24) is 10.6 Å². The van der Waals surface area contributed by atoms with Crippen LogP contribution in [0.2, 0.25) is 0 Å². The zero-order valence-corrected chi connectivity index (χ0v) is 29.1. The first-order valence-corrected chi connectivity index (χ1v) is 17.4. The standard InChI is InChI=1S/C39H41N3O11/c1-50-34-18-24(31(42-49)21-35(34)51-16-6-7-36(45)46)22-40-14-4-2-3-5-15-41-37(47)23-8-11-28-27(17-23)38(48)53-39(28)29-12-9-25(43)19-32(29)52-33-20-26(44)10-13-30(33)39/h8-13,17-21,40,43-44H,2-7,14-16,22,42H2,1H3,(H,41,47)(H,45,46). The summed E-state index contributed by atoms with van der Waals surface area (Å²) >= 11 is 0. The molecule has 14 heteroatoms. The van der Waals surface area contributed by atoms with E-state index in [4.69, 9.17) is 24.1 Å². The van der Waals surface area contributed by atoms with Crippen molar-refractivity contribution in [2.24, 2.45) is 0 Å². The van der Waals surface area contributed by atoms with Crippen LogP contribution in [0.1, 0.15) is 81.5 Å². The molecule has 14 nitrogen and oxygen atoms in total. The van der Waals surface area contributed by atoms with Gasteiger partial charge in [-0.25, -0.2) is 4.79 Å². The van der Waals surface area contributed by atoms with Crippen molar-refractivity contribution in [2.45, 2.75) is 50.7 Å². The Morgan fingerprint density at radius 3 is 2.19 bits per heavy atom. The SMILES string of the molecule is COc1cc(CNCCCCCCNC(=O)c2ccc3c(c2)C(=O)OC32c3ccc(O)cc3Oc3cc(O)ccc32)c([NH2+][O-])cc1OCCCC(=O)O. The predicted octanol–water partition coefficient (Wildman–Crippen LogP) is 4.69. The number of aromatic hydroxyl groups is 2. The van der Waals surface area contributed by atoms with Crippen LogP contribution < -0.4 is 30.3 Å². The summed E-state index contributed by atoms with van der Waals surface area (Å²) in [6.45, 7) is 1.82. The van der Waals surface area contributed by atoms with Crippen molar-refractivity contribution in [3.63, 3.8) is 0 Å². The second kappa shape index (κ2) is 16.2. The summed E-state index contributed by atoms with van der Waals surface area (Å²) in [7, 11) is 1.50. The summed E-state index contributed by atoms with van der Waals surface area (Å²) in [5.74, 6) is -0.493. The molecule has 1 amide bonds. The summed E-state index contributed by atoms with van der Waals surface area (Å²) in [6, 6.07) is 17.3. The number of nitrogens with one attached hydrogen (secondary N) is 2. The number of rotatable bonds is 17. The molecular weight excluding hydrogens is 686 g/mol. The van der Waals surface area contributed by atoms with E-state index >= 15 is 0 Å². The lowest BCUT2D eigenvalue weighted by Gasteiger charge is -2.36. The molecule has 0 saturated heterocycles. The number of hydrogen-bond donors (Lipinski definition) is 6. The molecule has 7 N–H and O–H groups in total. The van der Waals surface area contributed by atoms with Crippen molar-refractivity contribution >= 4 is 23.5 Å². The van der Waals surface area contributed by atoms with E-state index in [0.29, 0.717) is 59.0 Å². The van der Waals surface area contributed by atoms with Gasteiger partial charge in [0.1, 0.15) is 28.7 Å². The van der Waals surface area contributed by atoms with Gasteiger partial charge >= 0.3 is 11.9 Å². The van der Waals surface area contributed by atoms with Gasteiger partial charge in [0.25, 0.3) is 5.91 Å². The fourth-order valence-electron chi connectivity index (χ4n) is 6.66. The average molecular weight is 728 g/mol. The molecular formula is C39H41N3O11. The molecule has 4 aromatic carbocycles. The van der Waals surface area contributed by atoms with E-state index in [2.05, 4.69) is 10.6 Å². The number of carboxylic acid groups (broad SMARTS) is 1. The number of methoxy groups -OCH3 is 1. The van der Waals surface area contributed by atoms with Crippen LogP contribution in [0.4, 0.5) is 5.69 Å². The zero-order chi connectivity index (χ0) is 37.5. The van der Waals surface area contributed by atoms with Crippen molar-refractivity contribution in [3.8, 4) is 34.5 Å². The number of aliphatic carboxylic acids is 1. The molecule has 0 aromatic heterocycles. The second-order valence-electron chi connectivity index (χ2n) is 12.8. The van der Waals surface area contributed by atoms with Gasteiger partial charge in [-0.15, -0.1) is 0 Å². The molecule has 0 atom stereocenters. The van der Waals surface area contributed by atoms with E-state index in [-0.39, 0.29) is 47.5 Å². The Morgan fingerprint density at radius 2 is 1.53 bits per heavy atom. The van der Waals surface area contributed by atoms with E-state index in [1.807, 2.05) is 0 Å². The van der Waals surface area contributed by atoms with E-state index in [0.717, 1.165) is 43.3 Å². The number of phenolic OH excluding ortho intramolecular Hbond substituents is 2. The van der Waals surface area contributed by atoms with Crippen LogP contribution in [0, 0.1) is 5.21 Å². The van der Waals surface area contributed by atoms with Gasteiger partial charge in [0, 0.05) is 65.5 Å². The van der Waals surface area contributed by atoms with Gasteiger partial charge in [-0.1, -0.05) is 18.9 Å². The molecule has 53 heavy (non-hydrogen) atoms. The Balaban J connectivity index is 0.980. The lowest BCUT2D eigenvalue weighted by Crippen LogP contribution is -2.70. The first kappa shape index (κ1) is 36.9. The number of carbonyl (C=O) groups excluding carboxylic acids is 2. The molecule has 0 bridgehead atoms. The number of carbonyl (C=O) groups is 3. The molecule has 2 aliphatic rings. The first-order valence-electron chi connectivity index (χ1n) is 17.4. The average Bonchev–Trinajstić information content (AvgIpc) is 3.43. The normalized spacial score (nSPS) is 13.4. The number of quaternary nitrogens is 1. The van der Waals surface area contributed by atoms with Crippen LogP contribution in [-0.4, -0.2) is 60.0 Å². The fourth-order valence-corrected chi connectivity index (χ4v) is 6.66. The number of benzene rings is 4. The fraction of sp³-hybridized carbons (Fsp3) is 0.308. The number of fused-ring (bicyclic) bond motifs is 6. The third-order valence-corrected chi connectivity index (χ3v) is 9.26. The first-order chi connectivity index (χ1) is 25.6. The number of esters is 1. The Morgan fingerprint density at radius 1 is 0.849 bits per heavy atom. The minimum Gasteiger partial charge on any atom is -0.630 e. The number of nitrogens with two attached hydrogens (primary N) is 1. The third kappa shape index (κ3) is 7.84. The number of hydrogen-bond acceptors (Lipinski definition) is 11. The quantitative estimate of drug-likeness (QED) is 0.0379. The van der Waals surface area contributed by atoms with Gasteiger partial charge in [0.15, 0.2) is 17.1 Å². The van der Waals surface area contributed by atoms with E-state index in [1.165, 1.54) is 37.4 Å². The van der Waals surface area contributed by atoms with Crippen LogP contribution in [-0.2, 0) is 21.7 Å². The van der Waals surface area contributed by atoms with Gasteiger partial charge in [-0.2, -0.15) is 0 Å². The van der Waals surface area contributed by atoms with Crippen molar-refractivity contribution in [2.75, 3.05) is 26.8 Å². The molecule has 0 saturated carbocycles. The smallest absolute Gasteiger partial charge is 0.340 e. The minimum atomic E-state index is -1.39. The zero-order valence-electron chi connectivity index (χ0n) is 29.1. The van der Waals surface area contributed by atoms with Crippen molar-refractivity contribution in [3.05, 3.63) is 105 Å². The van der Waals surface area contributed by atoms with Crippen LogP contribution in [0.3, 0.4) is 0 Å². The highest BCUT2D eigenvalue weighted by atomic mass is 16.6. The largest absolute Gasteiger partial charge is 0.630 e. The number of carboxylic acids is 1. The highest BCUT2D eigenvalue weighted by molar-refractivity contribution is 6.01. The van der Waals surface area contributed by atoms with Gasteiger partial charge in [-0.3, -0.25) is 9.59 Å². The number of amides is 1. The Labute approximate surface area is 305 Å². The Hall–Kier alpha value is -5.83. The van der Waals surface area contributed by atoms with Gasteiger partial charge in [0.05, 0.1) is 19.3 Å². The topological polar surface area (TPSA) is 213 Å². The molecule has 0 fully saturated rings. The third-order valence-electron chi connectivity index (χ3n) is 9.26. The monoisotopic (exact) mass is 727 g/mol. The van der Waals surface area contributed by atoms with Crippen LogP contribution in [0.15, 0.2) is 66.7 Å². The van der Waals surface area contributed by atoms with Crippen molar-refractivity contribution in [1.29, 1.82) is 0 Å². The maximum atomic E-state index is 13.4. The maximum absolute atomic E-state index is 13.4. The van der Waals surface area contributed by atoms with Crippen LogP contribution in [0.5, 0.6) is 34.5 Å². The van der Waals surface area contributed by atoms with Crippen molar-refractivity contribution < 1.29 is 54.1 Å². The summed E-state index contributed by atoms with van der Waals surface area (Å²) in [6.07, 6.45) is 3.78. The van der Waals surface area contributed by atoms with E-state index in [1.54, 1.807) is 36.4 Å². The Bertz CT molecular complexity index is 1960. The van der Waals surface area contributed by atoms with Crippen LogP contribution in [0.25, 0.3) is 0 Å². The minimum absolute atomic E-state index is 0.0122. The van der Waals surface area contributed by atoms with E-state index in [9.17, 15) is 29.8 Å². The number of ether oxygens (including phenoxy) is 4. The molecule has 4 aromatic rings. The molecule has 278 valence electrons.